The number of pyridine rings is 1. The van der Waals surface area contributed by atoms with Crippen LogP contribution >= 0.6 is 24.0 Å². The second-order valence-electron chi connectivity index (χ2n) is 8.33. The smallest absolute Gasteiger partial charge is 0.267 e. The van der Waals surface area contributed by atoms with Crippen molar-refractivity contribution in [3.05, 3.63) is 80.6 Å². The molecule has 1 atom stereocenters. The van der Waals surface area contributed by atoms with Crippen LogP contribution in [0.3, 0.4) is 0 Å². The van der Waals surface area contributed by atoms with Crippen molar-refractivity contribution in [1.82, 2.24) is 14.3 Å². The van der Waals surface area contributed by atoms with Gasteiger partial charge in [-0.2, -0.15) is 0 Å². The lowest BCUT2D eigenvalue weighted by atomic mass is 10.2. The molecular formula is C25H24N4O3S2. The number of fused-ring (bicyclic) bond motifs is 1. The number of hydrogen-bond donors (Lipinski definition) is 1. The third kappa shape index (κ3) is 4.51. The SMILES string of the molecule is Cc1cccn2c(=O)c(C=C3SC(=S)N(Cc4ccccc4)C3=O)c(NCC3CCCO3)nc12. The standard InChI is InChI=1S/C25H24N4O3S2/c1-16-7-5-11-28-22(16)27-21(26-14-18-10-6-12-32-18)19(23(28)30)13-20-24(31)29(25(33)34-20)15-17-8-3-2-4-9-17/h2-5,7-9,11,13,18,26H,6,10,12,14-15H2,1H3. The number of nitrogens with one attached hydrogen (secondary N) is 1. The summed E-state index contributed by atoms with van der Waals surface area (Å²) in [6, 6.07) is 13.4. The molecule has 1 aromatic carbocycles. The number of carbonyl (C=O) groups excluding carboxylic acids is 1. The molecule has 174 valence electrons. The summed E-state index contributed by atoms with van der Waals surface area (Å²) in [7, 11) is 0. The first-order valence-corrected chi connectivity index (χ1v) is 12.4. The van der Waals surface area contributed by atoms with Crippen LogP contribution in [0.4, 0.5) is 5.82 Å². The number of thioether (sulfide) groups is 1. The van der Waals surface area contributed by atoms with E-state index in [1.54, 1.807) is 17.2 Å². The maximum Gasteiger partial charge on any atom is 0.267 e. The van der Waals surface area contributed by atoms with Crippen molar-refractivity contribution >= 4 is 51.7 Å². The summed E-state index contributed by atoms with van der Waals surface area (Å²) in [4.78, 5) is 33.4. The van der Waals surface area contributed by atoms with E-state index in [0.29, 0.717) is 39.3 Å². The second-order valence-corrected chi connectivity index (χ2v) is 10.0. The summed E-state index contributed by atoms with van der Waals surface area (Å²) in [6.07, 6.45) is 5.38. The molecule has 7 nitrogen and oxygen atoms in total. The Hall–Kier alpha value is -3.01. The fraction of sp³-hybridized carbons (Fsp3) is 0.280. The molecular weight excluding hydrogens is 468 g/mol. The van der Waals surface area contributed by atoms with Gasteiger partial charge in [-0.15, -0.1) is 0 Å². The highest BCUT2D eigenvalue weighted by Gasteiger charge is 2.32. The van der Waals surface area contributed by atoms with Crippen molar-refractivity contribution in [3.8, 4) is 0 Å². The van der Waals surface area contributed by atoms with Gasteiger partial charge < -0.3 is 10.1 Å². The van der Waals surface area contributed by atoms with Crippen molar-refractivity contribution < 1.29 is 9.53 Å². The average Bonchev–Trinajstić information content (AvgIpc) is 3.45. The minimum absolute atomic E-state index is 0.0778. The van der Waals surface area contributed by atoms with Gasteiger partial charge >= 0.3 is 0 Å². The number of carbonyl (C=O) groups is 1. The molecule has 1 N–H and O–H groups in total. The van der Waals surface area contributed by atoms with Gasteiger partial charge in [0.05, 0.1) is 23.1 Å². The van der Waals surface area contributed by atoms with Crippen LogP contribution in [0.5, 0.6) is 0 Å². The van der Waals surface area contributed by atoms with Crippen molar-refractivity contribution in [2.75, 3.05) is 18.5 Å². The number of amides is 1. The van der Waals surface area contributed by atoms with Crippen LogP contribution in [0.15, 0.2) is 58.4 Å². The molecule has 1 unspecified atom stereocenters. The molecule has 2 fully saturated rings. The highest BCUT2D eigenvalue weighted by Crippen LogP contribution is 2.34. The molecule has 4 heterocycles. The Morgan fingerprint density at radius 2 is 2.06 bits per heavy atom. The van der Waals surface area contributed by atoms with Crippen LogP contribution in [0.25, 0.3) is 11.7 Å². The number of ether oxygens (including phenoxy) is 1. The summed E-state index contributed by atoms with van der Waals surface area (Å²) in [6.45, 7) is 3.60. The van der Waals surface area contributed by atoms with Crippen LogP contribution in [0, 0.1) is 6.92 Å². The Labute approximate surface area is 206 Å². The zero-order chi connectivity index (χ0) is 23.7. The summed E-state index contributed by atoms with van der Waals surface area (Å²) in [5.74, 6) is 0.237. The summed E-state index contributed by atoms with van der Waals surface area (Å²) < 4.78 is 7.71. The number of hydrogen-bond acceptors (Lipinski definition) is 7. The summed E-state index contributed by atoms with van der Waals surface area (Å²) >= 11 is 6.70. The molecule has 9 heteroatoms. The number of benzene rings is 1. The zero-order valence-corrected chi connectivity index (χ0v) is 20.3. The van der Waals surface area contributed by atoms with E-state index in [4.69, 9.17) is 21.9 Å². The van der Waals surface area contributed by atoms with Crippen molar-refractivity contribution in [1.29, 1.82) is 0 Å². The molecule has 34 heavy (non-hydrogen) atoms. The highest BCUT2D eigenvalue weighted by molar-refractivity contribution is 8.26. The quantitative estimate of drug-likeness (QED) is 0.412. The van der Waals surface area contributed by atoms with E-state index >= 15 is 0 Å². The Bertz CT molecular complexity index is 1350. The van der Waals surface area contributed by atoms with Crippen LogP contribution in [0.2, 0.25) is 0 Å². The van der Waals surface area contributed by atoms with Crippen LogP contribution in [-0.2, 0) is 16.1 Å². The number of nitrogens with zero attached hydrogens (tertiary/aromatic N) is 3. The molecule has 2 aliphatic rings. The molecule has 3 aromatic rings. The number of aromatic nitrogens is 2. The molecule has 0 aliphatic carbocycles. The predicted molar refractivity (Wildman–Crippen MR) is 139 cm³/mol. The van der Waals surface area contributed by atoms with Gasteiger partial charge in [0.15, 0.2) is 0 Å². The monoisotopic (exact) mass is 492 g/mol. The van der Waals surface area contributed by atoms with Gasteiger partial charge in [0.2, 0.25) is 0 Å². The van der Waals surface area contributed by atoms with Crippen LogP contribution in [-0.4, -0.2) is 43.8 Å². The Morgan fingerprint density at radius 1 is 1.24 bits per heavy atom. The van der Waals surface area contributed by atoms with Gasteiger partial charge in [-0.05, 0) is 43.0 Å². The first-order valence-electron chi connectivity index (χ1n) is 11.2. The normalized spacial score (nSPS) is 19.5. The minimum atomic E-state index is -0.239. The second kappa shape index (κ2) is 9.69. The summed E-state index contributed by atoms with van der Waals surface area (Å²) in [5.41, 5.74) is 2.55. The maximum absolute atomic E-state index is 13.5. The van der Waals surface area contributed by atoms with Crippen molar-refractivity contribution in [2.45, 2.75) is 32.4 Å². The van der Waals surface area contributed by atoms with E-state index in [0.717, 1.165) is 30.6 Å². The molecule has 0 bridgehead atoms. The third-order valence-corrected chi connectivity index (χ3v) is 7.32. The fourth-order valence-corrected chi connectivity index (χ4v) is 5.36. The lowest BCUT2D eigenvalue weighted by Crippen LogP contribution is -2.27. The zero-order valence-electron chi connectivity index (χ0n) is 18.7. The largest absolute Gasteiger partial charge is 0.376 e. The van der Waals surface area contributed by atoms with E-state index in [1.165, 1.54) is 16.2 Å². The summed E-state index contributed by atoms with van der Waals surface area (Å²) in [5, 5.41) is 3.31. The molecule has 2 aromatic heterocycles. The highest BCUT2D eigenvalue weighted by atomic mass is 32.2. The van der Waals surface area contributed by atoms with Gasteiger partial charge in [-0.25, -0.2) is 4.98 Å². The number of anilines is 1. The molecule has 0 saturated carbocycles. The third-order valence-electron chi connectivity index (χ3n) is 5.94. The lowest BCUT2D eigenvalue weighted by molar-refractivity contribution is -0.122. The van der Waals surface area contributed by atoms with Gasteiger partial charge in [-0.3, -0.25) is 18.9 Å². The maximum atomic E-state index is 13.5. The molecule has 1 amide bonds. The average molecular weight is 493 g/mol. The first kappa shape index (κ1) is 22.8. The van der Waals surface area contributed by atoms with Crippen LogP contribution in [0.1, 0.15) is 29.5 Å². The Balaban J connectivity index is 1.52. The predicted octanol–water partition coefficient (Wildman–Crippen LogP) is 4.00. The van der Waals surface area contributed by atoms with E-state index in [2.05, 4.69) is 5.32 Å². The Kier molecular flexibility index (Phi) is 6.49. The van der Waals surface area contributed by atoms with E-state index in [1.807, 2.05) is 49.4 Å². The van der Waals surface area contributed by atoms with Gasteiger partial charge in [-0.1, -0.05) is 60.4 Å². The molecule has 5 rings (SSSR count). The first-order chi connectivity index (χ1) is 16.5. The van der Waals surface area contributed by atoms with Crippen LogP contribution < -0.4 is 10.9 Å². The number of rotatable bonds is 6. The van der Waals surface area contributed by atoms with Gasteiger partial charge in [0, 0.05) is 19.3 Å². The topological polar surface area (TPSA) is 75.9 Å². The van der Waals surface area contributed by atoms with Gasteiger partial charge in [0.25, 0.3) is 11.5 Å². The van der Waals surface area contributed by atoms with Crippen molar-refractivity contribution in [3.63, 3.8) is 0 Å². The van der Waals surface area contributed by atoms with E-state index < -0.39 is 0 Å². The van der Waals surface area contributed by atoms with E-state index in [9.17, 15) is 9.59 Å². The Morgan fingerprint density at radius 3 is 2.82 bits per heavy atom. The molecule has 0 radical (unpaired) electrons. The molecule has 2 saturated heterocycles. The number of aryl methyl sites for hydroxylation is 1. The minimum Gasteiger partial charge on any atom is -0.376 e. The lowest BCUT2D eigenvalue weighted by Gasteiger charge is -2.15. The van der Waals surface area contributed by atoms with Gasteiger partial charge in [0.1, 0.15) is 15.8 Å². The van der Waals surface area contributed by atoms with E-state index in [-0.39, 0.29) is 17.6 Å². The van der Waals surface area contributed by atoms with Crippen molar-refractivity contribution in [2.24, 2.45) is 0 Å². The molecule has 2 aliphatic heterocycles. The molecule has 0 spiro atoms. The number of thiocarbonyl (C=S) groups is 1. The fourth-order valence-electron chi connectivity index (χ4n) is 4.13.